The van der Waals surface area contributed by atoms with E-state index in [1.165, 1.54) is 76.5 Å². The number of epoxide rings is 1. The van der Waals surface area contributed by atoms with Crippen molar-refractivity contribution in [1.82, 2.24) is 20.2 Å². The smallest absolute Gasteiger partial charge is 0.160 e. The number of nitrogens with one attached hydrogen (secondary N) is 3. The van der Waals surface area contributed by atoms with Gasteiger partial charge >= 0.3 is 0 Å². The Morgan fingerprint density at radius 1 is 0.895 bits per heavy atom. The monoisotopic (exact) mass is 1040 g/mol. The zero-order chi connectivity index (χ0) is 53.4. The number of carbonyl (C=O) groups is 2. The molecule has 3 aliphatic heterocycles. The number of fused-ring (bicyclic) bond motifs is 5. The number of aryl methyl sites for hydroxylation is 1. The van der Waals surface area contributed by atoms with Crippen molar-refractivity contribution in [2.45, 2.75) is 220 Å². The molecule has 76 heavy (non-hydrogen) atoms. The van der Waals surface area contributed by atoms with Crippen LogP contribution in [0.1, 0.15) is 204 Å². The molecule has 10 nitrogen and oxygen atoms in total. The fourth-order valence-corrected chi connectivity index (χ4v) is 20.3. The van der Waals surface area contributed by atoms with Crippen LogP contribution >= 0.6 is 0 Å². The molecule has 2 saturated heterocycles. The standard InChI is InChI=1S/C66H96N4O6/c1-10-68-36-40-16-23-66(32-40)35-52(73)62(5,24-25-67-9)51-18-22-63(6)58(65(51,66)8)57(74)48-39-70-38-47(30-41-28-45(42-14-12-11-13-15-42)31-46(29-41)43-19-26-75-27-20-43)55-56(70)44(37-69-55)17-21-61(4,33-50(72)59-60(2,3)76-59)54-49(71)34-64(63,7)53(48)54/h28-29,31,37-38,40,42-43,48,50-51,57-59,67-69,72,74H,10-27,30,32-36,39H2,1-9H3/t40-,48-,50-,51+,57-,58+,59-,61+,62+,63+,64+,65-,66-/m1/s1. The topological polar surface area (TPSA) is 141 Å². The summed E-state index contributed by atoms with van der Waals surface area (Å²) in [6.45, 7) is 23.3. The number of aliphatic hydroxyl groups is 2. The Morgan fingerprint density at radius 2 is 1.62 bits per heavy atom. The molecule has 6 aliphatic carbocycles. The number of allylic oxidation sites excluding steroid dienone is 1. The maximum Gasteiger partial charge on any atom is 0.160 e. The van der Waals surface area contributed by atoms with Gasteiger partial charge in [-0.05, 0) is 209 Å². The van der Waals surface area contributed by atoms with Gasteiger partial charge in [0.05, 0.1) is 28.8 Å². The van der Waals surface area contributed by atoms with Gasteiger partial charge < -0.3 is 39.9 Å². The highest BCUT2D eigenvalue weighted by molar-refractivity contribution is 6.02. The minimum absolute atomic E-state index is 0.101. The summed E-state index contributed by atoms with van der Waals surface area (Å²) in [7, 11) is 2.01. The minimum atomic E-state index is -0.759. The minimum Gasteiger partial charge on any atom is -0.392 e. The summed E-state index contributed by atoms with van der Waals surface area (Å²) < 4.78 is 14.6. The molecule has 0 radical (unpaired) electrons. The number of Topliss-reactive ketones (excluding diaryl/α,β-unsaturated/α-hetero) is 2. The maximum absolute atomic E-state index is 15.8. The summed E-state index contributed by atoms with van der Waals surface area (Å²) in [4.78, 5) is 34.9. The van der Waals surface area contributed by atoms with E-state index in [1.807, 2.05) is 7.05 Å². The van der Waals surface area contributed by atoms with Crippen molar-refractivity contribution in [3.63, 3.8) is 0 Å². The van der Waals surface area contributed by atoms with Crippen molar-refractivity contribution in [2.75, 3.05) is 39.9 Å². The maximum atomic E-state index is 15.8. The van der Waals surface area contributed by atoms with Crippen LogP contribution in [-0.4, -0.2) is 95.1 Å². The van der Waals surface area contributed by atoms with Crippen molar-refractivity contribution in [2.24, 2.45) is 56.2 Å². The van der Waals surface area contributed by atoms with Crippen molar-refractivity contribution < 1.29 is 29.3 Å². The number of aromatic nitrogens is 2. The van der Waals surface area contributed by atoms with Gasteiger partial charge in [-0.2, -0.15) is 0 Å². The number of hydrogen-bond acceptors (Lipinski definition) is 8. The lowest BCUT2D eigenvalue weighted by molar-refractivity contribution is -0.262. The van der Waals surface area contributed by atoms with Gasteiger partial charge in [-0.3, -0.25) is 9.59 Å². The van der Waals surface area contributed by atoms with Gasteiger partial charge in [0.15, 0.2) is 5.78 Å². The first-order valence-corrected chi connectivity index (χ1v) is 30.8. The third-order valence-corrected chi connectivity index (χ3v) is 24.5. The molecule has 9 aliphatic rings. The molecule has 2 aromatic heterocycles. The number of H-pyrrole nitrogens is 1. The van der Waals surface area contributed by atoms with E-state index in [4.69, 9.17) is 9.47 Å². The Balaban J connectivity index is 1.02. The third-order valence-electron chi connectivity index (χ3n) is 24.5. The summed E-state index contributed by atoms with van der Waals surface area (Å²) in [6.07, 6.45) is 20.9. The molecule has 416 valence electrons. The Bertz CT molecular complexity index is 2720. The van der Waals surface area contributed by atoms with E-state index in [9.17, 15) is 10.2 Å². The second-order valence-electron chi connectivity index (χ2n) is 28.9. The highest BCUT2D eigenvalue weighted by Gasteiger charge is 2.77. The van der Waals surface area contributed by atoms with E-state index in [-0.39, 0.29) is 40.5 Å². The second kappa shape index (κ2) is 19.3. The molecule has 0 bridgehead atoms. The van der Waals surface area contributed by atoms with Crippen LogP contribution in [0.15, 0.2) is 41.7 Å². The number of nitrogens with zero attached hydrogens (tertiary/aromatic N) is 1. The lowest BCUT2D eigenvalue weighted by Crippen LogP contribution is -2.72. The summed E-state index contributed by atoms with van der Waals surface area (Å²) in [5.74, 6) is 1.84. The molecule has 10 heteroatoms. The van der Waals surface area contributed by atoms with Crippen molar-refractivity contribution in [3.8, 4) is 0 Å². The fraction of sp³-hybridized carbons (Fsp3) is 0.758. The molecular weight excluding hydrogens is 945 g/mol. The molecule has 5 N–H and O–H groups in total. The molecule has 0 amide bonds. The van der Waals surface area contributed by atoms with Crippen molar-refractivity contribution >= 4 is 22.6 Å². The summed E-state index contributed by atoms with van der Waals surface area (Å²) >= 11 is 0. The van der Waals surface area contributed by atoms with Crippen LogP contribution in [-0.2, 0) is 38.4 Å². The first-order valence-electron chi connectivity index (χ1n) is 30.8. The molecule has 7 fully saturated rings. The number of carbonyl (C=O) groups excluding carboxylic acids is 2. The van der Waals surface area contributed by atoms with Gasteiger partial charge in [0.25, 0.3) is 0 Å². The number of aromatic amines is 1. The summed E-state index contributed by atoms with van der Waals surface area (Å²) in [5.41, 5.74) is 8.19. The van der Waals surface area contributed by atoms with Gasteiger partial charge in [0, 0.05) is 73.7 Å². The third kappa shape index (κ3) is 8.17. The quantitative estimate of drug-likeness (QED) is 0.107. The first kappa shape index (κ1) is 53.5. The van der Waals surface area contributed by atoms with E-state index >= 15 is 9.59 Å². The van der Waals surface area contributed by atoms with Gasteiger partial charge in [-0.15, -0.1) is 0 Å². The molecule has 0 unspecified atom stereocenters. The summed E-state index contributed by atoms with van der Waals surface area (Å²) in [5, 5.41) is 33.8. The number of rotatable bonds is 13. The number of ketones is 2. The molecule has 1 aromatic carbocycles. The lowest BCUT2D eigenvalue weighted by atomic mass is 9.30. The van der Waals surface area contributed by atoms with Gasteiger partial charge in [-0.25, -0.2) is 0 Å². The van der Waals surface area contributed by atoms with Crippen molar-refractivity contribution in [1.29, 1.82) is 0 Å². The van der Waals surface area contributed by atoms with Crippen LogP contribution in [0, 0.1) is 56.2 Å². The number of aliphatic hydroxyl groups excluding tert-OH is 2. The van der Waals surface area contributed by atoms with E-state index in [0.29, 0.717) is 55.8 Å². The van der Waals surface area contributed by atoms with Crippen LogP contribution in [0.25, 0.3) is 11.0 Å². The van der Waals surface area contributed by atoms with Crippen LogP contribution in [0.4, 0.5) is 0 Å². The fourth-order valence-electron chi connectivity index (χ4n) is 20.3. The van der Waals surface area contributed by atoms with E-state index in [2.05, 4.69) is 106 Å². The van der Waals surface area contributed by atoms with Gasteiger partial charge in [0.1, 0.15) is 11.9 Å². The summed E-state index contributed by atoms with van der Waals surface area (Å²) in [6, 6.07) is 7.62. The first-order chi connectivity index (χ1) is 36.2. The normalized spacial score (nSPS) is 39.9. The molecule has 1 spiro atoms. The Hall–Kier alpha value is -3.12. The average Bonchev–Trinajstić information content (AvgIpc) is 4.02. The molecule has 13 atom stereocenters. The van der Waals surface area contributed by atoms with Gasteiger partial charge in [-0.1, -0.05) is 79.0 Å². The van der Waals surface area contributed by atoms with Crippen LogP contribution < -0.4 is 10.6 Å². The highest BCUT2D eigenvalue weighted by atomic mass is 16.6. The average molecular weight is 1040 g/mol. The van der Waals surface area contributed by atoms with E-state index in [1.54, 1.807) is 0 Å². The molecule has 12 rings (SSSR count). The Kier molecular flexibility index (Phi) is 13.6. The largest absolute Gasteiger partial charge is 0.392 e. The molecule has 3 aromatic rings. The van der Waals surface area contributed by atoms with Crippen LogP contribution in [0.2, 0.25) is 0 Å². The Morgan fingerprint density at radius 3 is 2.32 bits per heavy atom. The highest BCUT2D eigenvalue weighted by Crippen LogP contribution is 2.80. The Labute approximate surface area is 455 Å². The number of ether oxygens (including phenoxy) is 2. The second-order valence-corrected chi connectivity index (χ2v) is 28.9. The zero-order valence-corrected chi connectivity index (χ0v) is 48.2. The van der Waals surface area contributed by atoms with Crippen molar-refractivity contribution in [3.05, 3.63) is 69.6 Å². The van der Waals surface area contributed by atoms with E-state index in [0.717, 1.165) is 103 Å². The van der Waals surface area contributed by atoms with E-state index < -0.39 is 39.5 Å². The molecule has 5 saturated carbocycles. The van der Waals surface area contributed by atoms with Crippen LogP contribution in [0.5, 0.6) is 0 Å². The van der Waals surface area contributed by atoms with Gasteiger partial charge in [0.2, 0.25) is 0 Å². The number of benzene rings is 1. The predicted octanol–water partition coefficient (Wildman–Crippen LogP) is 11.7. The predicted molar refractivity (Wildman–Crippen MR) is 301 cm³/mol. The number of hydrogen-bond donors (Lipinski definition) is 5. The SMILES string of the molecule is CCNC[C@@H]1CC[C@]2(CC(=O)[C@@](C)(CCNC)[C@@H]3CC[C@@]4(C)[C@H]([C@H](O)[C@@H]5Cn6cc(Cc7cc(C8CCCCC8)cc(C8CCOCC8)c7)c7[nH]cc(c76)CC[C@@](C)(C[C@@H](O)[C@H]6OC6(C)C)C6=C5[C@]4(C)CC6=O)[C@@]32C)C1. The molecule has 5 heterocycles. The lowest BCUT2D eigenvalue weighted by Gasteiger charge is -2.74. The molecular formula is C66H96N4O6. The van der Waals surface area contributed by atoms with Crippen LogP contribution in [0.3, 0.4) is 0 Å². The zero-order valence-electron chi connectivity index (χ0n) is 48.2.